The van der Waals surface area contributed by atoms with Gasteiger partial charge in [0.1, 0.15) is 11.7 Å². The summed E-state index contributed by atoms with van der Waals surface area (Å²) in [5.41, 5.74) is 0. The third-order valence-corrected chi connectivity index (χ3v) is 1.80. The standard InChI is InChI=1S/C6H10N6/c7-5-3-12(9)6-4-10(8)1-2-11(5)6/h1-2,4,7H,3,8-9H2. The lowest BCUT2D eigenvalue weighted by molar-refractivity contribution is 0.356. The third kappa shape index (κ3) is 0.858. The first-order chi connectivity index (χ1) is 5.68. The second kappa shape index (κ2) is 2.23. The summed E-state index contributed by atoms with van der Waals surface area (Å²) in [6.45, 7) is 0.421. The van der Waals surface area contributed by atoms with Crippen molar-refractivity contribution < 1.29 is 0 Å². The van der Waals surface area contributed by atoms with Crippen LogP contribution in [0.15, 0.2) is 24.4 Å². The number of nitrogens with two attached hydrogens (primary N) is 2. The van der Waals surface area contributed by atoms with Crippen LogP contribution in [0.4, 0.5) is 0 Å². The average Bonchev–Trinajstić information content (AvgIpc) is 2.28. The van der Waals surface area contributed by atoms with Gasteiger partial charge in [-0.3, -0.25) is 20.3 Å². The van der Waals surface area contributed by atoms with Crippen molar-refractivity contribution in [1.82, 2.24) is 14.9 Å². The van der Waals surface area contributed by atoms with Crippen molar-refractivity contribution in [2.75, 3.05) is 6.54 Å². The molecule has 2 aliphatic rings. The Balaban J connectivity index is 2.34. The fraction of sp³-hybridized carbons (Fsp3) is 0.167. The lowest BCUT2D eigenvalue weighted by Gasteiger charge is -2.23. The zero-order chi connectivity index (χ0) is 8.72. The van der Waals surface area contributed by atoms with E-state index in [2.05, 4.69) is 0 Å². The van der Waals surface area contributed by atoms with Gasteiger partial charge in [-0.25, -0.2) is 11.7 Å². The lowest BCUT2D eigenvalue weighted by Crippen LogP contribution is -2.33. The maximum Gasteiger partial charge on any atom is 0.147 e. The van der Waals surface area contributed by atoms with Gasteiger partial charge in [0.25, 0.3) is 0 Å². The van der Waals surface area contributed by atoms with E-state index in [0.29, 0.717) is 12.4 Å². The summed E-state index contributed by atoms with van der Waals surface area (Å²) in [6.07, 6.45) is 5.04. The van der Waals surface area contributed by atoms with Gasteiger partial charge in [-0.2, -0.15) is 0 Å². The van der Waals surface area contributed by atoms with Crippen molar-refractivity contribution in [2.24, 2.45) is 11.7 Å². The molecule has 5 N–H and O–H groups in total. The van der Waals surface area contributed by atoms with Crippen LogP contribution in [0.3, 0.4) is 0 Å². The molecule has 2 heterocycles. The molecule has 2 aliphatic heterocycles. The van der Waals surface area contributed by atoms with Crippen molar-refractivity contribution >= 4 is 5.84 Å². The number of fused-ring (bicyclic) bond motifs is 1. The molecule has 0 bridgehead atoms. The summed E-state index contributed by atoms with van der Waals surface area (Å²) in [5, 5.41) is 10.4. The summed E-state index contributed by atoms with van der Waals surface area (Å²) in [6, 6.07) is 0. The Morgan fingerprint density at radius 2 is 2.08 bits per heavy atom. The van der Waals surface area contributed by atoms with Crippen LogP contribution in [0.2, 0.25) is 0 Å². The largest absolute Gasteiger partial charge is 0.289 e. The van der Waals surface area contributed by atoms with Crippen LogP contribution < -0.4 is 11.7 Å². The van der Waals surface area contributed by atoms with Crippen LogP contribution in [0.25, 0.3) is 0 Å². The molecule has 0 aliphatic carbocycles. The highest BCUT2D eigenvalue weighted by Crippen LogP contribution is 2.19. The number of nitrogens with one attached hydrogen (secondary N) is 1. The van der Waals surface area contributed by atoms with Gasteiger partial charge >= 0.3 is 0 Å². The second-order valence-electron chi connectivity index (χ2n) is 2.68. The molecule has 0 amide bonds. The summed E-state index contributed by atoms with van der Waals surface area (Å²) in [5.74, 6) is 12.3. The van der Waals surface area contributed by atoms with Crippen LogP contribution in [0.1, 0.15) is 0 Å². The highest BCUT2D eigenvalue weighted by atomic mass is 15.6. The van der Waals surface area contributed by atoms with Crippen molar-refractivity contribution in [3.63, 3.8) is 0 Å². The monoisotopic (exact) mass is 166 g/mol. The Bertz CT molecular complexity index is 280. The minimum atomic E-state index is 0.421. The lowest BCUT2D eigenvalue weighted by atomic mass is 10.5. The zero-order valence-electron chi connectivity index (χ0n) is 6.44. The molecule has 6 nitrogen and oxygen atoms in total. The molecule has 0 saturated carbocycles. The Hall–Kier alpha value is -1.53. The normalized spacial score (nSPS) is 21.7. The molecule has 6 heteroatoms. The number of hydrogen-bond donors (Lipinski definition) is 3. The van der Waals surface area contributed by atoms with E-state index in [1.807, 2.05) is 0 Å². The number of nitrogens with zero attached hydrogens (tertiary/aromatic N) is 3. The maximum absolute atomic E-state index is 7.52. The van der Waals surface area contributed by atoms with Crippen LogP contribution in [0.5, 0.6) is 0 Å². The second-order valence-corrected chi connectivity index (χ2v) is 2.68. The quantitative estimate of drug-likeness (QED) is 0.398. The molecule has 1 saturated heterocycles. The van der Waals surface area contributed by atoms with E-state index in [4.69, 9.17) is 17.1 Å². The van der Waals surface area contributed by atoms with E-state index < -0.39 is 0 Å². The molecule has 0 aromatic heterocycles. The number of amidine groups is 1. The first-order valence-corrected chi connectivity index (χ1v) is 3.50. The fourth-order valence-corrected chi connectivity index (χ4v) is 1.22. The molecular weight excluding hydrogens is 156 g/mol. The third-order valence-electron chi connectivity index (χ3n) is 1.80. The van der Waals surface area contributed by atoms with Crippen molar-refractivity contribution in [3.05, 3.63) is 24.4 Å². The predicted molar refractivity (Wildman–Crippen MR) is 43.7 cm³/mol. The van der Waals surface area contributed by atoms with E-state index in [1.165, 1.54) is 10.0 Å². The Labute approximate surface area is 69.8 Å². The van der Waals surface area contributed by atoms with Gasteiger partial charge in [-0.15, -0.1) is 0 Å². The van der Waals surface area contributed by atoms with Crippen LogP contribution >= 0.6 is 0 Å². The van der Waals surface area contributed by atoms with E-state index in [9.17, 15) is 0 Å². The molecule has 0 radical (unpaired) electrons. The number of rotatable bonds is 0. The zero-order valence-corrected chi connectivity index (χ0v) is 6.44. The van der Waals surface area contributed by atoms with E-state index >= 15 is 0 Å². The molecule has 0 aromatic rings. The molecule has 0 atom stereocenters. The van der Waals surface area contributed by atoms with Crippen LogP contribution in [-0.4, -0.2) is 27.3 Å². The van der Waals surface area contributed by atoms with Crippen molar-refractivity contribution in [3.8, 4) is 0 Å². The molecular formula is C6H10N6. The van der Waals surface area contributed by atoms with Crippen molar-refractivity contribution in [1.29, 1.82) is 5.41 Å². The van der Waals surface area contributed by atoms with Gasteiger partial charge < -0.3 is 0 Å². The molecule has 12 heavy (non-hydrogen) atoms. The molecule has 0 unspecified atom stereocenters. The Morgan fingerprint density at radius 3 is 2.83 bits per heavy atom. The van der Waals surface area contributed by atoms with E-state index in [0.717, 1.165) is 5.82 Å². The summed E-state index contributed by atoms with van der Waals surface area (Å²) < 4.78 is 0. The molecule has 0 aromatic carbocycles. The van der Waals surface area contributed by atoms with Crippen LogP contribution in [0, 0.1) is 5.41 Å². The first-order valence-electron chi connectivity index (χ1n) is 3.50. The first kappa shape index (κ1) is 7.14. The van der Waals surface area contributed by atoms with Gasteiger partial charge in [-0.1, -0.05) is 0 Å². The van der Waals surface area contributed by atoms with E-state index in [1.54, 1.807) is 23.5 Å². The highest BCUT2D eigenvalue weighted by molar-refractivity contribution is 5.86. The average molecular weight is 166 g/mol. The molecule has 64 valence electrons. The van der Waals surface area contributed by atoms with Gasteiger partial charge in [0.2, 0.25) is 0 Å². The highest BCUT2D eigenvalue weighted by Gasteiger charge is 2.28. The fourth-order valence-electron chi connectivity index (χ4n) is 1.22. The smallest absolute Gasteiger partial charge is 0.147 e. The summed E-state index contributed by atoms with van der Waals surface area (Å²) in [4.78, 5) is 1.68. The molecule has 2 rings (SSSR count). The summed E-state index contributed by atoms with van der Waals surface area (Å²) >= 11 is 0. The Morgan fingerprint density at radius 1 is 1.33 bits per heavy atom. The van der Waals surface area contributed by atoms with Gasteiger partial charge in [0.05, 0.1) is 12.7 Å². The number of hydrazine groups is 2. The Kier molecular flexibility index (Phi) is 1.32. The molecule has 0 spiro atoms. The van der Waals surface area contributed by atoms with Crippen molar-refractivity contribution in [2.45, 2.75) is 0 Å². The minimum absolute atomic E-state index is 0.421. The van der Waals surface area contributed by atoms with Gasteiger partial charge in [0.15, 0.2) is 0 Å². The van der Waals surface area contributed by atoms with Gasteiger partial charge in [-0.05, 0) is 0 Å². The number of hydrogen-bond acceptors (Lipinski definition) is 5. The van der Waals surface area contributed by atoms with Crippen LogP contribution in [-0.2, 0) is 0 Å². The minimum Gasteiger partial charge on any atom is -0.289 e. The van der Waals surface area contributed by atoms with Gasteiger partial charge in [0, 0.05) is 12.4 Å². The van der Waals surface area contributed by atoms with E-state index in [-0.39, 0.29) is 0 Å². The topological polar surface area (TPSA) is 85.6 Å². The summed E-state index contributed by atoms with van der Waals surface area (Å²) in [7, 11) is 0. The maximum atomic E-state index is 7.52. The predicted octanol–water partition coefficient (Wildman–Crippen LogP) is -1.09. The SMILES string of the molecule is N=C1CN(N)C2=CN(N)C=CN12. The molecule has 1 fully saturated rings.